The number of nitrogens with zero attached hydrogens (tertiary/aromatic N) is 4. The topological polar surface area (TPSA) is 60.2 Å². The Balaban J connectivity index is 1.45. The molecule has 1 fully saturated rings. The number of aryl methyl sites for hydroxylation is 1. The average Bonchev–Trinajstić information content (AvgIpc) is 3.35. The molecule has 1 aliphatic rings. The number of hydrogen-bond donors (Lipinski definition) is 0. The lowest BCUT2D eigenvalue weighted by molar-refractivity contribution is -0.129. The quantitative estimate of drug-likeness (QED) is 0.614. The maximum absolute atomic E-state index is 12.8. The highest BCUT2D eigenvalue weighted by Gasteiger charge is 2.31. The van der Waals surface area contributed by atoms with Crippen LogP contribution in [0, 0.1) is 0 Å². The molecule has 3 aromatic rings. The fourth-order valence-corrected chi connectivity index (χ4v) is 4.09. The predicted molar refractivity (Wildman–Crippen MR) is 113 cm³/mol. The Hall–Kier alpha value is -2.89. The summed E-state index contributed by atoms with van der Waals surface area (Å²) in [6.07, 6.45) is 4.22. The van der Waals surface area contributed by atoms with Gasteiger partial charge in [0.05, 0.1) is 13.0 Å². The zero-order valence-corrected chi connectivity index (χ0v) is 17.2. The molecular formula is C23H28N4O2. The number of hydrogen-bond acceptors (Lipinski definition) is 4. The molecule has 6 nitrogen and oxygen atoms in total. The number of imidazole rings is 1. The first-order valence-corrected chi connectivity index (χ1v) is 10.5. The highest BCUT2D eigenvalue weighted by Crippen LogP contribution is 2.29. The summed E-state index contributed by atoms with van der Waals surface area (Å²) in [5, 5.41) is 0. The second-order valence-electron chi connectivity index (χ2n) is 7.55. The van der Waals surface area contributed by atoms with Crippen LogP contribution in [0.25, 0.3) is 11.2 Å². The highest BCUT2D eigenvalue weighted by atomic mass is 16.5. The van der Waals surface area contributed by atoms with E-state index in [0.717, 1.165) is 60.8 Å². The maximum Gasteiger partial charge on any atom is 0.227 e. The van der Waals surface area contributed by atoms with Crippen LogP contribution < -0.4 is 4.74 Å². The largest absolute Gasteiger partial charge is 0.494 e. The van der Waals surface area contributed by atoms with Gasteiger partial charge >= 0.3 is 0 Å². The number of likely N-dealkylation sites (tertiary alicyclic amines) is 1. The molecule has 152 valence electrons. The molecule has 1 atom stereocenters. The van der Waals surface area contributed by atoms with Gasteiger partial charge in [-0.15, -0.1) is 0 Å². The smallest absolute Gasteiger partial charge is 0.227 e. The van der Waals surface area contributed by atoms with Gasteiger partial charge in [0, 0.05) is 31.7 Å². The highest BCUT2D eigenvalue weighted by molar-refractivity contribution is 5.79. The molecule has 4 rings (SSSR count). The zero-order chi connectivity index (χ0) is 20.2. The van der Waals surface area contributed by atoms with E-state index in [-0.39, 0.29) is 11.8 Å². The van der Waals surface area contributed by atoms with Crippen LogP contribution in [-0.4, -0.2) is 45.0 Å². The maximum atomic E-state index is 12.8. The molecular weight excluding hydrogens is 364 g/mol. The molecule has 1 aliphatic heterocycles. The van der Waals surface area contributed by atoms with Gasteiger partial charge in [0.25, 0.3) is 0 Å². The molecule has 3 heterocycles. The number of pyridine rings is 1. The van der Waals surface area contributed by atoms with E-state index in [2.05, 4.69) is 16.5 Å². The van der Waals surface area contributed by atoms with Gasteiger partial charge < -0.3 is 14.2 Å². The second-order valence-corrected chi connectivity index (χ2v) is 7.55. The number of ether oxygens (including phenoxy) is 1. The van der Waals surface area contributed by atoms with E-state index in [9.17, 15) is 4.79 Å². The molecule has 0 aliphatic carbocycles. The monoisotopic (exact) mass is 392 g/mol. The minimum atomic E-state index is 0.174. The lowest BCUT2D eigenvalue weighted by Gasteiger charge is -2.17. The van der Waals surface area contributed by atoms with E-state index in [0.29, 0.717) is 13.0 Å². The Kier molecular flexibility index (Phi) is 5.79. The molecule has 29 heavy (non-hydrogen) atoms. The third-order valence-electron chi connectivity index (χ3n) is 5.48. The molecule has 0 N–H and O–H groups in total. The van der Waals surface area contributed by atoms with Crippen LogP contribution in [0.1, 0.15) is 44.0 Å². The van der Waals surface area contributed by atoms with E-state index in [1.54, 1.807) is 0 Å². The van der Waals surface area contributed by atoms with Crippen LogP contribution in [0.15, 0.2) is 42.6 Å². The van der Waals surface area contributed by atoms with Crippen molar-refractivity contribution >= 4 is 17.1 Å². The van der Waals surface area contributed by atoms with Gasteiger partial charge in [0.2, 0.25) is 5.91 Å². The Morgan fingerprint density at radius 2 is 2.03 bits per heavy atom. The Bertz CT molecular complexity index is 980. The van der Waals surface area contributed by atoms with Crippen molar-refractivity contribution in [1.82, 2.24) is 19.4 Å². The third kappa shape index (κ3) is 4.11. The second kappa shape index (κ2) is 8.64. The van der Waals surface area contributed by atoms with Crippen molar-refractivity contribution in [2.24, 2.45) is 0 Å². The molecule has 1 saturated heterocycles. The first-order valence-electron chi connectivity index (χ1n) is 10.5. The van der Waals surface area contributed by atoms with E-state index < -0.39 is 0 Å². The standard InChI is InChI=1S/C23H28N4O2/c1-3-13-27-22(25-20-6-5-12-24-23(20)27)18-11-14-26(16-18)21(28)15-17-7-9-19(10-8-17)29-4-2/h5-10,12,18H,3-4,11,13-16H2,1-2H3. The number of carbonyl (C=O) groups is 1. The predicted octanol–water partition coefficient (Wildman–Crippen LogP) is 3.80. The lowest BCUT2D eigenvalue weighted by atomic mass is 10.1. The van der Waals surface area contributed by atoms with Gasteiger partial charge in [-0.3, -0.25) is 4.79 Å². The number of carbonyl (C=O) groups excluding carboxylic acids is 1. The third-order valence-corrected chi connectivity index (χ3v) is 5.48. The first-order chi connectivity index (χ1) is 14.2. The summed E-state index contributed by atoms with van der Waals surface area (Å²) in [5.41, 5.74) is 2.91. The minimum absolute atomic E-state index is 0.174. The van der Waals surface area contributed by atoms with Gasteiger partial charge in [0.1, 0.15) is 17.1 Å². The summed E-state index contributed by atoms with van der Waals surface area (Å²) in [6.45, 7) is 7.18. The van der Waals surface area contributed by atoms with Crippen LogP contribution in [0.3, 0.4) is 0 Å². The molecule has 2 aromatic heterocycles. The van der Waals surface area contributed by atoms with Crippen molar-refractivity contribution in [3.8, 4) is 5.75 Å². The van der Waals surface area contributed by atoms with Crippen molar-refractivity contribution in [2.45, 2.75) is 45.6 Å². The Labute approximate surface area is 171 Å². The summed E-state index contributed by atoms with van der Waals surface area (Å²) >= 11 is 0. The molecule has 0 bridgehead atoms. The number of amides is 1. The van der Waals surface area contributed by atoms with E-state index in [1.165, 1.54) is 0 Å². The fourth-order valence-electron chi connectivity index (χ4n) is 4.09. The number of aromatic nitrogens is 3. The van der Waals surface area contributed by atoms with Crippen molar-refractivity contribution in [2.75, 3.05) is 19.7 Å². The van der Waals surface area contributed by atoms with E-state index >= 15 is 0 Å². The van der Waals surface area contributed by atoms with Gasteiger partial charge in [-0.25, -0.2) is 9.97 Å². The molecule has 0 saturated carbocycles. The fraction of sp³-hybridized carbons (Fsp3) is 0.435. The minimum Gasteiger partial charge on any atom is -0.494 e. The van der Waals surface area contributed by atoms with Gasteiger partial charge in [0.15, 0.2) is 5.65 Å². The summed E-state index contributed by atoms with van der Waals surface area (Å²) in [6, 6.07) is 11.8. The average molecular weight is 393 g/mol. The van der Waals surface area contributed by atoms with Crippen molar-refractivity contribution in [3.63, 3.8) is 0 Å². The summed E-state index contributed by atoms with van der Waals surface area (Å²) in [4.78, 5) is 24.2. The first kappa shape index (κ1) is 19.4. The summed E-state index contributed by atoms with van der Waals surface area (Å²) in [5.74, 6) is 2.35. The summed E-state index contributed by atoms with van der Waals surface area (Å²) < 4.78 is 7.71. The summed E-state index contributed by atoms with van der Waals surface area (Å²) in [7, 11) is 0. The Morgan fingerprint density at radius 3 is 2.79 bits per heavy atom. The molecule has 0 spiro atoms. The van der Waals surface area contributed by atoms with Gasteiger partial charge in [-0.1, -0.05) is 19.1 Å². The van der Waals surface area contributed by atoms with E-state index in [1.807, 2.05) is 54.4 Å². The zero-order valence-electron chi connectivity index (χ0n) is 17.2. The van der Waals surface area contributed by atoms with Crippen molar-refractivity contribution in [3.05, 3.63) is 54.0 Å². The van der Waals surface area contributed by atoms with Crippen molar-refractivity contribution < 1.29 is 9.53 Å². The van der Waals surface area contributed by atoms with Crippen LogP contribution in [-0.2, 0) is 17.8 Å². The number of fused-ring (bicyclic) bond motifs is 1. The van der Waals surface area contributed by atoms with E-state index in [4.69, 9.17) is 9.72 Å². The SMILES string of the molecule is CCCn1c(C2CCN(C(=O)Cc3ccc(OCC)cc3)C2)nc2cccnc21. The Morgan fingerprint density at radius 1 is 1.21 bits per heavy atom. The van der Waals surface area contributed by atoms with Crippen LogP contribution in [0.5, 0.6) is 5.75 Å². The number of benzene rings is 1. The van der Waals surface area contributed by atoms with Crippen LogP contribution in [0.2, 0.25) is 0 Å². The molecule has 1 unspecified atom stereocenters. The van der Waals surface area contributed by atoms with Crippen LogP contribution >= 0.6 is 0 Å². The van der Waals surface area contributed by atoms with Gasteiger partial charge in [-0.05, 0) is 49.6 Å². The molecule has 1 amide bonds. The van der Waals surface area contributed by atoms with Crippen LogP contribution in [0.4, 0.5) is 0 Å². The molecule has 6 heteroatoms. The molecule has 1 aromatic carbocycles. The van der Waals surface area contributed by atoms with Gasteiger partial charge in [-0.2, -0.15) is 0 Å². The normalized spacial score (nSPS) is 16.5. The van der Waals surface area contributed by atoms with Crippen molar-refractivity contribution in [1.29, 1.82) is 0 Å². The lowest BCUT2D eigenvalue weighted by Crippen LogP contribution is -2.30. The number of rotatable bonds is 7. The molecule has 0 radical (unpaired) electrons.